The van der Waals surface area contributed by atoms with Crippen LogP contribution in [0.3, 0.4) is 0 Å². The smallest absolute Gasteiger partial charge is 0.255 e. The van der Waals surface area contributed by atoms with Gasteiger partial charge in [0.2, 0.25) is 5.91 Å². The molecule has 0 aliphatic heterocycles. The van der Waals surface area contributed by atoms with Gasteiger partial charge < -0.3 is 15.4 Å². The molecule has 0 saturated carbocycles. The van der Waals surface area contributed by atoms with Crippen LogP contribution in [0.1, 0.15) is 27.9 Å². The first kappa shape index (κ1) is 20.1. The number of methoxy groups -OCH3 is 1. The summed E-state index contributed by atoms with van der Waals surface area (Å²) in [6.45, 7) is 1.87. The van der Waals surface area contributed by atoms with Crippen LogP contribution >= 0.6 is 0 Å². The number of nitrogens with one attached hydrogen (secondary N) is 2. The molecule has 0 aliphatic rings. The zero-order valence-electron chi connectivity index (χ0n) is 16.6. The average Bonchev–Trinajstić information content (AvgIpc) is 2.76. The molecular formula is C24H24N2O3. The lowest BCUT2D eigenvalue weighted by Crippen LogP contribution is -2.16. The molecule has 0 spiro atoms. The molecule has 5 nitrogen and oxygen atoms in total. The Labute approximate surface area is 170 Å². The summed E-state index contributed by atoms with van der Waals surface area (Å²) in [7, 11) is 1.63. The van der Waals surface area contributed by atoms with E-state index in [0.29, 0.717) is 29.8 Å². The first-order valence-electron chi connectivity index (χ1n) is 9.45. The second kappa shape index (κ2) is 9.55. The third kappa shape index (κ3) is 5.45. The quantitative estimate of drug-likeness (QED) is 0.609. The fourth-order valence-electron chi connectivity index (χ4n) is 2.95. The van der Waals surface area contributed by atoms with Crippen LogP contribution in [0.4, 0.5) is 11.4 Å². The lowest BCUT2D eigenvalue weighted by Gasteiger charge is -2.13. The predicted octanol–water partition coefficient (Wildman–Crippen LogP) is 4.83. The summed E-state index contributed by atoms with van der Waals surface area (Å²) in [5.41, 5.74) is 3.83. The van der Waals surface area contributed by atoms with Gasteiger partial charge in [0.05, 0.1) is 7.11 Å². The first-order valence-corrected chi connectivity index (χ1v) is 9.45. The highest BCUT2D eigenvalue weighted by molar-refractivity contribution is 6.05. The van der Waals surface area contributed by atoms with E-state index in [2.05, 4.69) is 10.6 Å². The van der Waals surface area contributed by atoms with Crippen molar-refractivity contribution in [3.8, 4) is 5.75 Å². The lowest BCUT2D eigenvalue weighted by atomic mass is 10.1. The fraction of sp³-hybridized carbons (Fsp3) is 0.167. The van der Waals surface area contributed by atoms with Crippen molar-refractivity contribution >= 4 is 23.2 Å². The topological polar surface area (TPSA) is 67.4 Å². The number of amides is 2. The van der Waals surface area contributed by atoms with Crippen molar-refractivity contribution in [3.05, 3.63) is 89.5 Å². The Morgan fingerprint density at radius 3 is 2.14 bits per heavy atom. The number of anilines is 2. The number of hydrogen-bond acceptors (Lipinski definition) is 3. The number of rotatable bonds is 7. The summed E-state index contributed by atoms with van der Waals surface area (Å²) in [5, 5.41) is 5.85. The Morgan fingerprint density at radius 2 is 1.48 bits per heavy atom. The van der Waals surface area contributed by atoms with Crippen LogP contribution in [0.2, 0.25) is 0 Å². The Morgan fingerprint density at radius 1 is 0.828 bits per heavy atom. The van der Waals surface area contributed by atoms with Gasteiger partial charge in [0, 0.05) is 23.4 Å². The van der Waals surface area contributed by atoms with Crippen LogP contribution < -0.4 is 15.4 Å². The number of aryl methyl sites for hydroxylation is 1. The summed E-state index contributed by atoms with van der Waals surface area (Å²) in [6.07, 6.45) is 1.01. The minimum Gasteiger partial charge on any atom is -0.497 e. The lowest BCUT2D eigenvalue weighted by molar-refractivity contribution is -0.116. The molecule has 148 valence electrons. The van der Waals surface area contributed by atoms with E-state index < -0.39 is 0 Å². The second-order valence-electron chi connectivity index (χ2n) is 6.69. The second-order valence-corrected chi connectivity index (χ2v) is 6.69. The maximum atomic E-state index is 12.4. The molecule has 0 heterocycles. The van der Waals surface area contributed by atoms with E-state index in [9.17, 15) is 9.59 Å². The van der Waals surface area contributed by atoms with Gasteiger partial charge in [-0.1, -0.05) is 36.4 Å². The molecule has 0 aliphatic carbocycles. The van der Waals surface area contributed by atoms with E-state index >= 15 is 0 Å². The highest BCUT2D eigenvalue weighted by Crippen LogP contribution is 2.24. The van der Waals surface area contributed by atoms with Crippen LogP contribution in [-0.4, -0.2) is 18.9 Å². The number of benzene rings is 3. The molecule has 2 amide bonds. The van der Waals surface area contributed by atoms with Crippen molar-refractivity contribution in [1.29, 1.82) is 0 Å². The van der Waals surface area contributed by atoms with Crippen LogP contribution in [0.5, 0.6) is 5.75 Å². The minimum atomic E-state index is -0.184. The van der Waals surface area contributed by atoms with Crippen LogP contribution in [0.15, 0.2) is 72.8 Å². The van der Waals surface area contributed by atoms with Gasteiger partial charge >= 0.3 is 0 Å². The Bertz CT molecular complexity index is 983. The normalized spacial score (nSPS) is 10.3. The van der Waals surface area contributed by atoms with Crippen molar-refractivity contribution in [1.82, 2.24) is 0 Å². The first-order chi connectivity index (χ1) is 14.1. The molecule has 3 aromatic carbocycles. The molecule has 3 rings (SSSR count). The highest BCUT2D eigenvalue weighted by atomic mass is 16.5. The highest BCUT2D eigenvalue weighted by Gasteiger charge is 2.11. The summed E-state index contributed by atoms with van der Waals surface area (Å²) in [4.78, 5) is 24.8. The third-order valence-corrected chi connectivity index (χ3v) is 4.69. The zero-order valence-corrected chi connectivity index (χ0v) is 16.6. The molecule has 0 fully saturated rings. The minimum absolute atomic E-state index is 0.0737. The van der Waals surface area contributed by atoms with Crippen LogP contribution in [0.25, 0.3) is 0 Å². The molecule has 0 unspecified atom stereocenters. The molecule has 29 heavy (non-hydrogen) atoms. The molecule has 0 bridgehead atoms. The number of hydrogen-bond donors (Lipinski definition) is 2. The van der Waals surface area contributed by atoms with E-state index in [1.165, 1.54) is 0 Å². The average molecular weight is 388 g/mol. The SMILES string of the molecule is COc1ccc(CCC(=O)Nc2cccc(NC(=O)c3ccccc3)c2C)cc1. The van der Waals surface area contributed by atoms with E-state index in [0.717, 1.165) is 16.9 Å². The summed E-state index contributed by atoms with van der Waals surface area (Å²) in [6, 6.07) is 22.2. The third-order valence-electron chi connectivity index (χ3n) is 4.69. The van der Waals surface area contributed by atoms with Crippen molar-refractivity contribution in [3.63, 3.8) is 0 Å². The molecule has 2 N–H and O–H groups in total. The fourth-order valence-corrected chi connectivity index (χ4v) is 2.95. The van der Waals surface area contributed by atoms with Gasteiger partial charge in [0.25, 0.3) is 5.91 Å². The summed E-state index contributed by atoms with van der Waals surface area (Å²) in [5.74, 6) is 0.537. The van der Waals surface area contributed by atoms with Gasteiger partial charge in [-0.15, -0.1) is 0 Å². The molecule has 0 aromatic heterocycles. The number of carbonyl (C=O) groups is 2. The standard InChI is InChI=1S/C24H24N2O3/c1-17-21(25-23(27)16-13-18-11-14-20(29-2)15-12-18)9-6-10-22(17)26-24(28)19-7-4-3-5-8-19/h3-12,14-15H,13,16H2,1-2H3,(H,25,27)(H,26,28). The van der Waals surface area contributed by atoms with Crippen molar-refractivity contribution in [2.75, 3.05) is 17.7 Å². The van der Waals surface area contributed by atoms with Gasteiger partial charge in [-0.25, -0.2) is 0 Å². The van der Waals surface area contributed by atoms with Gasteiger partial charge in [0.1, 0.15) is 5.75 Å². The van der Waals surface area contributed by atoms with E-state index in [-0.39, 0.29) is 11.8 Å². The van der Waals surface area contributed by atoms with E-state index in [1.54, 1.807) is 19.2 Å². The van der Waals surface area contributed by atoms with Gasteiger partial charge in [-0.05, 0) is 60.9 Å². The zero-order chi connectivity index (χ0) is 20.6. The Hall–Kier alpha value is -3.60. The van der Waals surface area contributed by atoms with E-state index in [4.69, 9.17) is 4.74 Å². The molecule has 0 saturated heterocycles. The van der Waals surface area contributed by atoms with Crippen LogP contribution in [0, 0.1) is 6.92 Å². The van der Waals surface area contributed by atoms with Crippen LogP contribution in [-0.2, 0) is 11.2 Å². The van der Waals surface area contributed by atoms with Gasteiger partial charge in [-0.3, -0.25) is 9.59 Å². The predicted molar refractivity (Wildman–Crippen MR) is 116 cm³/mol. The number of ether oxygens (including phenoxy) is 1. The largest absolute Gasteiger partial charge is 0.497 e. The number of carbonyl (C=O) groups excluding carboxylic acids is 2. The summed E-state index contributed by atoms with van der Waals surface area (Å²) >= 11 is 0. The molecule has 0 atom stereocenters. The van der Waals surface area contributed by atoms with Gasteiger partial charge in [-0.2, -0.15) is 0 Å². The monoisotopic (exact) mass is 388 g/mol. The summed E-state index contributed by atoms with van der Waals surface area (Å²) < 4.78 is 5.14. The van der Waals surface area contributed by atoms with Crippen molar-refractivity contribution in [2.45, 2.75) is 19.8 Å². The van der Waals surface area contributed by atoms with Crippen molar-refractivity contribution < 1.29 is 14.3 Å². The molecule has 0 radical (unpaired) electrons. The Balaban J connectivity index is 1.61. The maximum absolute atomic E-state index is 12.4. The molecule has 5 heteroatoms. The molecular weight excluding hydrogens is 364 g/mol. The molecule has 3 aromatic rings. The van der Waals surface area contributed by atoms with Crippen molar-refractivity contribution in [2.24, 2.45) is 0 Å². The van der Waals surface area contributed by atoms with E-state index in [1.807, 2.05) is 67.6 Å². The maximum Gasteiger partial charge on any atom is 0.255 e. The van der Waals surface area contributed by atoms with Gasteiger partial charge in [0.15, 0.2) is 0 Å². The Kier molecular flexibility index (Phi) is 6.63.